The number of piperazine rings is 1. The molecular weight excluding hydrogens is 330 g/mol. The molecule has 3 amide bonds. The predicted octanol–water partition coefficient (Wildman–Crippen LogP) is 1.68. The second kappa shape index (κ2) is 7.66. The van der Waals surface area contributed by atoms with Crippen molar-refractivity contribution in [2.24, 2.45) is 5.92 Å². The molecule has 0 spiro atoms. The summed E-state index contributed by atoms with van der Waals surface area (Å²) in [7, 11) is 0. The number of carbonyl (C=O) groups excluding carboxylic acids is 3. The number of carbonyl (C=O) groups is 3. The fourth-order valence-corrected chi connectivity index (χ4v) is 2.89. The lowest BCUT2D eigenvalue weighted by atomic mass is 10.0. The summed E-state index contributed by atoms with van der Waals surface area (Å²) < 4.78 is 0. The molecule has 0 bridgehead atoms. The Hall–Kier alpha value is -2.08. The summed E-state index contributed by atoms with van der Waals surface area (Å²) in [4.78, 5) is 39.5. The number of amides is 3. The van der Waals surface area contributed by atoms with Gasteiger partial charge in [0.1, 0.15) is 12.6 Å². The van der Waals surface area contributed by atoms with Crippen molar-refractivity contribution in [3.63, 3.8) is 0 Å². The first-order valence-corrected chi connectivity index (χ1v) is 8.29. The number of benzene rings is 1. The van der Waals surface area contributed by atoms with Gasteiger partial charge >= 0.3 is 0 Å². The van der Waals surface area contributed by atoms with Crippen LogP contribution in [0.1, 0.15) is 20.8 Å². The van der Waals surface area contributed by atoms with Gasteiger partial charge in [0.25, 0.3) is 0 Å². The lowest BCUT2D eigenvalue weighted by Gasteiger charge is -2.36. The molecule has 7 heteroatoms. The molecule has 0 unspecified atom stereocenters. The minimum atomic E-state index is -0.618. The van der Waals surface area contributed by atoms with Crippen molar-refractivity contribution in [3.8, 4) is 0 Å². The molecule has 1 aromatic rings. The lowest BCUT2D eigenvalue weighted by molar-refractivity contribution is -0.141. The average Bonchev–Trinajstić information content (AvgIpc) is 2.51. The molecule has 2 rings (SSSR count). The number of rotatable bonds is 4. The third-order valence-corrected chi connectivity index (χ3v) is 4.18. The normalized spacial score (nSPS) is 16.3. The number of halogens is 1. The van der Waals surface area contributed by atoms with Crippen molar-refractivity contribution >= 4 is 35.0 Å². The number of anilines is 1. The highest BCUT2D eigenvalue weighted by molar-refractivity contribution is 6.30. The van der Waals surface area contributed by atoms with E-state index in [2.05, 4.69) is 5.32 Å². The maximum atomic E-state index is 12.6. The molecule has 0 radical (unpaired) electrons. The molecule has 0 aromatic heterocycles. The average molecular weight is 352 g/mol. The van der Waals surface area contributed by atoms with E-state index in [1.165, 1.54) is 11.8 Å². The Morgan fingerprint density at radius 3 is 2.50 bits per heavy atom. The van der Waals surface area contributed by atoms with E-state index in [-0.39, 0.29) is 30.2 Å². The van der Waals surface area contributed by atoms with E-state index in [0.717, 1.165) is 5.69 Å². The highest BCUT2D eigenvalue weighted by Crippen LogP contribution is 2.22. The fourth-order valence-electron chi connectivity index (χ4n) is 2.71. The Labute approximate surface area is 146 Å². The minimum Gasteiger partial charge on any atom is -0.344 e. The number of hydrogen-bond donors (Lipinski definition) is 1. The quantitative estimate of drug-likeness (QED) is 0.897. The first-order valence-electron chi connectivity index (χ1n) is 7.91. The van der Waals surface area contributed by atoms with Crippen molar-refractivity contribution in [3.05, 3.63) is 29.3 Å². The SMILES string of the molecule is CC(=O)N[C@@H](C(=O)N1CCN(c2cccc(Cl)c2)C(=O)C1)C(C)C. The Morgan fingerprint density at radius 2 is 1.96 bits per heavy atom. The van der Waals surface area contributed by atoms with Crippen LogP contribution in [0, 0.1) is 5.92 Å². The second-order valence-corrected chi connectivity index (χ2v) is 6.64. The van der Waals surface area contributed by atoms with Gasteiger partial charge in [0, 0.05) is 30.7 Å². The van der Waals surface area contributed by atoms with Crippen LogP contribution in [0.3, 0.4) is 0 Å². The monoisotopic (exact) mass is 351 g/mol. The van der Waals surface area contributed by atoms with Gasteiger partial charge < -0.3 is 15.1 Å². The minimum absolute atomic E-state index is 0.00580. The van der Waals surface area contributed by atoms with Gasteiger partial charge in [-0.3, -0.25) is 14.4 Å². The second-order valence-electron chi connectivity index (χ2n) is 6.21. The van der Waals surface area contributed by atoms with Crippen LogP contribution in [-0.2, 0) is 14.4 Å². The summed E-state index contributed by atoms with van der Waals surface area (Å²) in [6, 6.07) is 6.46. The van der Waals surface area contributed by atoms with Crippen LogP contribution in [0.25, 0.3) is 0 Å². The molecule has 6 nitrogen and oxygen atoms in total. The zero-order chi connectivity index (χ0) is 17.9. The molecule has 24 heavy (non-hydrogen) atoms. The highest BCUT2D eigenvalue weighted by Gasteiger charge is 2.33. The summed E-state index contributed by atoms with van der Waals surface area (Å²) in [6.07, 6.45) is 0. The molecule has 1 N–H and O–H groups in total. The standard InChI is InChI=1S/C17H22ClN3O3/c1-11(2)16(19-12(3)22)17(24)20-7-8-21(15(23)10-20)14-6-4-5-13(18)9-14/h4-6,9,11,16H,7-8,10H2,1-3H3,(H,19,22)/t16-/m1/s1. The van der Waals surface area contributed by atoms with E-state index in [0.29, 0.717) is 18.1 Å². The zero-order valence-electron chi connectivity index (χ0n) is 14.1. The van der Waals surface area contributed by atoms with Crippen molar-refractivity contribution in [1.29, 1.82) is 0 Å². The first kappa shape index (κ1) is 18.3. The summed E-state index contributed by atoms with van der Waals surface area (Å²) in [5.41, 5.74) is 0.724. The highest BCUT2D eigenvalue weighted by atomic mass is 35.5. The number of nitrogens with zero attached hydrogens (tertiary/aromatic N) is 2. The van der Waals surface area contributed by atoms with Gasteiger partial charge in [0.15, 0.2) is 0 Å². The van der Waals surface area contributed by atoms with E-state index in [4.69, 9.17) is 11.6 Å². The van der Waals surface area contributed by atoms with Crippen LogP contribution < -0.4 is 10.2 Å². The third kappa shape index (κ3) is 4.26. The molecule has 1 aliphatic heterocycles. The van der Waals surface area contributed by atoms with Gasteiger partial charge in [-0.1, -0.05) is 31.5 Å². The Morgan fingerprint density at radius 1 is 1.25 bits per heavy atom. The van der Waals surface area contributed by atoms with Gasteiger partial charge in [-0.2, -0.15) is 0 Å². The topological polar surface area (TPSA) is 69.7 Å². The Balaban J connectivity index is 2.08. The molecule has 130 valence electrons. The summed E-state index contributed by atoms with van der Waals surface area (Å²) in [6.45, 7) is 5.92. The molecule has 1 atom stereocenters. The molecule has 1 heterocycles. The van der Waals surface area contributed by atoms with Crippen LogP contribution in [-0.4, -0.2) is 48.3 Å². The smallest absolute Gasteiger partial charge is 0.246 e. The van der Waals surface area contributed by atoms with E-state index in [9.17, 15) is 14.4 Å². The molecule has 0 aliphatic carbocycles. The largest absolute Gasteiger partial charge is 0.344 e. The van der Waals surface area contributed by atoms with Crippen LogP contribution in [0.4, 0.5) is 5.69 Å². The van der Waals surface area contributed by atoms with Gasteiger partial charge in [-0.05, 0) is 24.1 Å². The maximum absolute atomic E-state index is 12.6. The molecular formula is C17H22ClN3O3. The number of hydrogen-bond acceptors (Lipinski definition) is 3. The van der Waals surface area contributed by atoms with E-state index < -0.39 is 6.04 Å². The molecule has 1 aliphatic rings. The van der Waals surface area contributed by atoms with Gasteiger partial charge in [-0.15, -0.1) is 0 Å². The summed E-state index contributed by atoms with van der Waals surface area (Å²) in [5.74, 6) is -0.699. The van der Waals surface area contributed by atoms with Crippen molar-refractivity contribution < 1.29 is 14.4 Å². The molecule has 1 fully saturated rings. The van der Waals surface area contributed by atoms with E-state index in [1.54, 1.807) is 23.1 Å². The van der Waals surface area contributed by atoms with E-state index in [1.807, 2.05) is 19.9 Å². The van der Waals surface area contributed by atoms with Crippen molar-refractivity contribution in [2.45, 2.75) is 26.8 Å². The maximum Gasteiger partial charge on any atom is 0.246 e. The van der Waals surface area contributed by atoms with Crippen molar-refractivity contribution in [1.82, 2.24) is 10.2 Å². The fraction of sp³-hybridized carbons (Fsp3) is 0.471. The van der Waals surface area contributed by atoms with Gasteiger partial charge in [-0.25, -0.2) is 0 Å². The predicted molar refractivity (Wildman–Crippen MR) is 92.8 cm³/mol. The lowest BCUT2D eigenvalue weighted by Crippen LogP contribution is -2.58. The van der Waals surface area contributed by atoms with Gasteiger partial charge in [0.2, 0.25) is 17.7 Å². The first-order chi connectivity index (χ1) is 11.3. The molecule has 1 saturated heterocycles. The summed E-state index contributed by atoms with van der Waals surface area (Å²) >= 11 is 5.97. The van der Waals surface area contributed by atoms with Crippen LogP contribution in [0.15, 0.2) is 24.3 Å². The number of nitrogens with one attached hydrogen (secondary N) is 1. The summed E-state index contributed by atoms with van der Waals surface area (Å²) in [5, 5.41) is 3.23. The van der Waals surface area contributed by atoms with Gasteiger partial charge in [0.05, 0.1) is 0 Å². The molecule has 1 aromatic carbocycles. The van der Waals surface area contributed by atoms with Crippen LogP contribution in [0.2, 0.25) is 5.02 Å². The Bertz CT molecular complexity index is 648. The van der Waals surface area contributed by atoms with Crippen molar-refractivity contribution in [2.75, 3.05) is 24.5 Å². The van der Waals surface area contributed by atoms with E-state index >= 15 is 0 Å². The zero-order valence-corrected chi connectivity index (χ0v) is 14.8. The van der Waals surface area contributed by atoms with Crippen LogP contribution >= 0.6 is 11.6 Å². The Kier molecular flexibility index (Phi) is 5.83. The third-order valence-electron chi connectivity index (χ3n) is 3.94. The van der Waals surface area contributed by atoms with Crippen LogP contribution in [0.5, 0.6) is 0 Å². The molecule has 0 saturated carbocycles.